The molecule has 1 N–H and O–H groups in total. The molecule has 0 aliphatic carbocycles. The molecule has 2 aromatic carbocycles. The molecule has 4 rings (SSSR count). The summed E-state index contributed by atoms with van der Waals surface area (Å²) in [6.45, 7) is 1.74. The summed E-state index contributed by atoms with van der Waals surface area (Å²) >= 11 is 7.43. The first-order valence-electron chi connectivity index (χ1n) is 9.28. The Hall–Kier alpha value is -3.30. The molecule has 158 valence electrons. The van der Waals surface area contributed by atoms with E-state index in [1.54, 1.807) is 30.3 Å². The molecule has 10 heteroatoms. The predicted molar refractivity (Wildman–Crippen MR) is 119 cm³/mol. The lowest BCUT2D eigenvalue weighted by Crippen LogP contribution is -2.29. The molecule has 31 heavy (non-hydrogen) atoms. The summed E-state index contributed by atoms with van der Waals surface area (Å²) in [4.78, 5) is 26.2. The van der Waals surface area contributed by atoms with Crippen LogP contribution in [0, 0.1) is 6.92 Å². The van der Waals surface area contributed by atoms with E-state index in [0.29, 0.717) is 27.1 Å². The number of aromatic nitrogens is 4. The largest absolute Gasteiger partial charge is 0.495 e. The number of benzene rings is 2. The molecular weight excluding hydrogens is 438 g/mol. The van der Waals surface area contributed by atoms with Crippen LogP contribution in [-0.4, -0.2) is 32.4 Å². The van der Waals surface area contributed by atoms with Crippen molar-refractivity contribution in [2.24, 2.45) is 0 Å². The van der Waals surface area contributed by atoms with Crippen LogP contribution in [0.5, 0.6) is 5.75 Å². The molecule has 2 aromatic heterocycles. The number of ether oxygens (including phenoxy) is 1. The van der Waals surface area contributed by atoms with Gasteiger partial charge in [-0.1, -0.05) is 41.1 Å². The summed E-state index contributed by atoms with van der Waals surface area (Å²) < 4.78 is 7.47. The van der Waals surface area contributed by atoms with Crippen molar-refractivity contribution in [2.45, 2.75) is 23.4 Å². The summed E-state index contributed by atoms with van der Waals surface area (Å²) in [7, 11) is 1.49. The second kappa shape index (κ2) is 8.83. The molecule has 0 saturated carbocycles. The van der Waals surface area contributed by atoms with Crippen LogP contribution in [0.3, 0.4) is 0 Å². The van der Waals surface area contributed by atoms with Gasteiger partial charge in [0.05, 0.1) is 12.8 Å². The highest BCUT2D eigenvalue weighted by atomic mass is 35.5. The highest BCUT2D eigenvalue weighted by Gasteiger charge is 2.14. The van der Waals surface area contributed by atoms with Crippen molar-refractivity contribution in [3.8, 4) is 5.75 Å². The van der Waals surface area contributed by atoms with Crippen LogP contribution in [0.2, 0.25) is 5.02 Å². The smallest absolute Gasteiger partial charge is 0.367 e. The van der Waals surface area contributed by atoms with Crippen molar-refractivity contribution in [3.05, 3.63) is 75.7 Å². The molecule has 0 spiro atoms. The van der Waals surface area contributed by atoms with E-state index >= 15 is 0 Å². The minimum absolute atomic E-state index is 0.279. The van der Waals surface area contributed by atoms with Crippen molar-refractivity contribution in [1.82, 2.24) is 19.4 Å². The first-order chi connectivity index (χ1) is 14.9. The molecular formula is C21H18ClN5O3S. The maximum absolute atomic E-state index is 12.7. The third kappa shape index (κ3) is 4.73. The molecule has 8 nitrogen and oxygen atoms in total. The second-order valence-electron chi connectivity index (χ2n) is 6.69. The number of halogens is 1. The number of carbonyl (C=O) groups is 1. The van der Waals surface area contributed by atoms with Gasteiger partial charge in [0.2, 0.25) is 5.91 Å². The van der Waals surface area contributed by atoms with Crippen LogP contribution in [0.15, 0.2) is 69.3 Å². The fourth-order valence-electron chi connectivity index (χ4n) is 2.88. The lowest BCUT2D eigenvalue weighted by molar-refractivity contribution is -0.117. The Morgan fingerprint density at radius 3 is 2.65 bits per heavy atom. The zero-order valence-corrected chi connectivity index (χ0v) is 18.3. The summed E-state index contributed by atoms with van der Waals surface area (Å²) in [5, 5.41) is 12.3. The highest BCUT2D eigenvalue weighted by Crippen LogP contribution is 2.28. The summed E-state index contributed by atoms with van der Waals surface area (Å²) in [6, 6.07) is 16.4. The SMILES string of the molecule is COc1ccc(Cl)cc1NC(=O)Cn1nc2ccc(Sc3ccc(C)cc3)nn2c1=O. The average Bonchev–Trinajstić information content (AvgIpc) is 3.05. The Labute approximate surface area is 186 Å². The van der Waals surface area contributed by atoms with Crippen molar-refractivity contribution in [2.75, 3.05) is 12.4 Å². The van der Waals surface area contributed by atoms with Crippen molar-refractivity contribution in [3.63, 3.8) is 0 Å². The van der Waals surface area contributed by atoms with Crippen LogP contribution in [0.4, 0.5) is 5.69 Å². The topological polar surface area (TPSA) is 90.5 Å². The van der Waals surface area contributed by atoms with Gasteiger partial charge in [-0.05, 0) is 49.4 Å². The average molecular weight is 456 g/mol. The van der Waals surface area contributed by atoms with Crippen molar-refractivity contribution >= 4 is 40.6 Å². The van der Waals surface area contributed by atoms with Gasteiger partial charge < -0.3 is 10.1 Å². The number of nitrogens with zero attached hydrogens (tertiary/aromatic N) is 4. The molecule has 0 aliphatic heterocycles. The monoisotopic (exact) mass is 455 g/mol. The molecule has 0 radical (unpaired) electrons. The van der Waals surface area contributed by atoms with Gasteiger partial charge in [0, 0.05) is 9.92 Å². The lowest BCUT2D eigenvalue weighted by atomic mass is 10.2. The number of hydrogen-bond donors (Lipinski definition) is 1. The van der Waals surface area contributed by atoms with Gasteiger partial charge in [0.1, 0.15) is 17.3 Å². The quantitative estimate of drug-likeness (QED) is 0.477. The Balaban J connectivity index is 1.54. The van der Waals surface area contributed by atoms with Gasteiger partial charge in [0.25, 0.3) is 0 Å². The molecule has 0 atom stereocenters. The van der Waals surface area contributed by atoms with E-state index in [-0.39, 0.29) is 6.54 Å². The van der Waals surface area contributed by atoms with Crippen LogP contribution < -0.4 is 15.7 Å². The van der Waals surface area contributed by atoms with Gasteiger partial charge in [-0.3, -0.25) is 4.79 Å². The Morgan fingerprint density at radius 2 is 1.90 bits per heavy atom. The molecule has 4 aromatic rings. The second-order valence-corrected chi connectivity index (χ2v) is 8.22. The van der Waals surface area contributed by atoms with Crippen LogP contribution >= 0.6 is 23.4 Å². The Kier molecular flexibility index (Phi) is 5.97. The number of carbonyl (C=O) groups excluding carboxylic acids is 1. The van der Waals surface area contributed by atoms with Crippen LogP contribution in [0.25, 0.3) is 5.65 Å². The lowest BCUT2D eigenvalue weighted by Gasteiger charge is -2.10. The Bertz CT molecular complexity index is 1320. The standard InChI is InChI=1S/C21H18ClN5O3S/c1-13-3-6-15(7-4-13)31-20-10-9-18-24-26(21(29)27(18)25-20)12-19(28)23-16-11-14(22)5-8-17(16)30-2/h3-11H,12H2,1-2H3,(H,23,28). The van der Waals surface area contributed by atoms with Crippen molar-refractivity contribution in [1.29, 1.82) is 0 Å². The van der Waals surface area contributed by atoms with Crippen LogP contribution in [0.1, 0.15) is 5.56 Å². The van der Waals surface area contributed by atoms with E-state index in [0.717, 1.165) is 9.58 Å². The zero-order chi connectivity index (χ0) is 22.0. The molecule has 0 unspecified atom stereocenters. The summed E-state index contributed by atoms with van der Waals surface area (Å²) in [6.07, 6.45) is 0. The van der Waals surface area contributed by atoms with E-state index in [9.17, 15) is 9.59 Å². The van der Waals surface area contributed by atoms with Gasteiger partial charge in [0.15, 0.2) is 5.65 Å². The minimum atomic E-state index is -0.505. The first-order valence-corrected chi connectivity index (χ1v) is 10.5. The number of methoxy groups -OCH3 is 1. The van der Waals surface area contributed by atoms with E-state index in [4.69, 9.17) is 16.3 Å². The summed E-state index contributed by atoms with van der Waals surface area (Å²) in [5.74, 6) is 0.0138. The molecule has 1 amide bonds. The number of amides is 1. The molecule has 2 heterocycles. The predicted octanol–water partition coefficient (Wildman–Crippen LogP) is 3.65. The first kappa shape index (κ1) is 21.0. The van der Waals surface area contributed by atoms with E-state index in [1.807, 2.05) is 31.2 Å². The fourth-order valence-corrected chi connectivity index (χ4v) is 3.82. The van der Waals surface area contributed by atoms with Gasteiger partial charge in [-0.2, -0.15) is 9.61 Å². The highest BCUT2D eigenvalue weighted by molar-refractivity contribution is 7.99. The fraction of sp³-hybridized carbons (Fsp3) is 0.143. The maximum atomic E-state index is 12.7. The number of aryl methyl sites for hydroxylation is 1. The van der Waals surface area contributed by atoms with E-state index < -0.39 is 11.6 Å². The zero-order valence-electron chi connectivity index (χ0n) is 16.7. The maximum Gasteiger partial charge on any atom is 0.367 e. The normalized spacial score (nSPS) is 10.9. The number of rotatable bonds is 6. The number of nitrogens with one attached hydrogen (secondary N) is 1. The van der Waals surface area contributed by atoms with Gasteiger partial charge in [-0.25, -0.2) is 9.48 Å². The molecule has 0 bridgehead atoms. The molecule has 0 saturated heterocycles. The van der Waals surface area contributed by atoms with Crippen molar-refractivity contribution < 1.29 is 9.53 Å². The Morgan fingerprint density at radius 1 is 1.13 bits per heavy atom. The number of fused-ring (bicyclic) bond motifs is 1. The number of hydrogen-bond acceptors (Lipinski definition) is 6. The van der Waals surface area contributed by atoms with Gasteiger partial charge >= 0.3 is 5.69 Å². The molecule has 0 fully saturated rings. The third-order valence-corrected chi connectivity index (χ3v) is 5.56. The summed E-state index contributed by atoms with van der Waals surface area (Å²) in [5.41, 5.74) is 1.42. The third-order valence-electron chi connectivity index (χ3n) is 4.39. The minimum Gasteiger partial charge on any atom is -0.495 e. The molecule has 0 aliphatic rings. The van der Waals surface area contributed by atoms with Crippen LogP contribution in [-0.2, 0) is 11.3 Å². The number of anilines is 1. The van der Waals surface area contributed by atoms with Gasteiger partial charge in [-0.15, -0.1) is 5.10 Å². The van der Waals surface area contributed by atoms with E-state index in [1.165, 1.54) is 29.0 Å². The van der Waals surface area contributed by atoms with E-state index in [2.05, 4.69) is 15.5 Å².